The number of hydrogen-bond acceptors (Lipinski definition) is 2. The molecule has 0 bridgehead atoms. The minimum absolute atomic E-state index is 0.231. The number of carbonyl (C=O) groups excluding carboxylic acids is 1. The van der Waals surface area contributed by atoms with E-state index in [2.05, 4.69) is 0 Å². The summed E-state index contributed by atoms with van der Waals surface area (Å²) >= 11 is 0. The van der Waals surface area contributed by atoms with E-state index in [1.807, 2.05) is 12.1 Å². The fraction of sp³-hybridized carbons (Fsp3) is 0.231. The Balaban J connectivity index is 2.52. The predicted molar refractivity (Wildman–Crippen MR) is 67.3 cm³/mol. The molecule has 0 aliphatic heterocycles. The zero-order valence-electron chi connectivity index (χ0n) is 9.96. The summed E-state index contributed by atoms with van der Waals surface area (Å²) in [5.41, 5.74) is 6.08. The van der Waals surface area contributed by atoms with Gasteiger partial charge in [0.25, 0.3) is 0 Å². The third-order valence-corrected chi connectivity index (χ3v) is 2.98. The van der Waals surface area contributed by atoms with Gasteiger partial charge in [0, 0.05) is 18.1 Å². The lowest BCUT2D eigenvalue weighted by atomic mass is 10.1. The van der Waals surface area contributed by atoms with Crippen molar-refractivity contribution in [3.63, 3.8) is 0 Å². The van der Waals surface area contributed by atoms with Gasteiger partial charge >= 0.3 is 5.97 Å². The maximum absolute atomic E-state index is 11.2. The quantitative estimate of drug-likeness (QED) is 0.856. The first-order valence-electron chi connectivity index (χ1n) is 5.61. The van der Waals surface area contributed by atoms with Crippen molar-refractivity contribution in [3.8, 4) is 0 Å². The number of benzene rings is 1. The van der Waals surface area contributed by atoms with E-state index >= 15 is 0 Å². The van der Waals surface area contributed by atoms with E-state index in [0.717, 1.165) is 5.39 Å². The number of aromatic nitrogens is 1. The molecule has 0 saturated carbocycles. The zero-order chi connectivity index (χ0) is 13.3. The van der Waals surface area contributed by atoms with Crippen LogP contribution in [-0.2, 0) is 11.3 Å². The van der Waals surface area contributed by atoms with Crippen LogP contribution in [0.4, 0.5) is 0 Å². The van der Waals surface area contributed by atoms with Crippen LogP contribution in [0.2, 0.25) is 0 Å². The van der Waals surface area contributed by atoms with Gasteiger partial charge in [0.1, 0.15) is 0 Å². The molecule has 1 amide bonds. The third kappa shape index (κ3) is 2.07. The van der Waals surface area contributed by atoms with Crippen molar-refractivity contribution in [2.75, 3.05) is 0 Å². The second-order valence-electron chi connectivity index (χ2n) is 4.32. The smallest absolute Gasteiger partial charge is 0.337 e. The van der Waals surface area contributed by atoms with E-state index in [-0.39, 0.29) is 11.5 Å². The van der Waals surface area contributed by atoms with E-state index < -0.39 is 11.9 Å². The summed E-state index contributed by atoms with van der Waals surface area (Å²) in [4.78, 5) is 22.3. The number of carboxylic acids is 1. The Bertz CT molecular complexity index is 616. The van der Waals surface area contributed by atoms with Crippen LogP contribution in [0.3, 0.4) is 0 Å². The first-order chi connectivity index (χ1) is 8.50. The summed E-state index contributed by atoms with van der Waals surface area (Å²) in [7, 11) is 0. The normalized spacial score (nSPS) is 12.5. The average Bonchev–Trinajstić information content (AvgIpc) is 2.72. The molecule has 94 valence electrons. The monoisotopic (exact) mass is 246 g/mol. The Morgan fingerprint density at radius 2 is 2.11 bits per heavy atom. The van der Waals surface area contributed by atoms with Crippen LogP contribution in [0.5, 0.6) is 0 Å². The Hall–Kier alpha value is -2.30. The Morgan fingerprint density at radius 1 is 1.39 bits per heavy atom. The number of fused-ring (bicyclic) bond motifs is 1. The first kappa shape index (κ1) is 12.2. The number of rotatable bonds is 4. The van der Waals surface area contributed by atoms with E-state index in [1.165, 1.54) is 0 Å². The number of aromatic carboxylic acids is 1. The molecule has 5 nitrogen and oxygen atoms in total. The molecule has 1 unspecified atom stereocenters. The number of para-hydroxylation sites is 1. The van der Waals surface area contributed by atoms with Crippen LogP contribution in [0.25, 0.3) is 10.9 Å². The minimum Gasteiger partial charge on any atom is -0.478 e. The van der Waals surface area contributed by atoms with Gasteiger partial charge < -0.3 is 15.4 Å². The van der Waals surface area contributed by atoms with E-state index in [1.54, 1.807) is 29.8 Å². The van der Waals surface area contributed by atoms with Crippen molar-refractivity contribution in [3.05, 3.63) is 36.0 Å². The second-order valence-corrected chi connectivity index (χ2v) is 4.32. The zero-order valence-corrected chi connectivity index (χ0v) is 9.96. The molecule has 1 aromatic carbocycles. The molecular formula is C13H14N2O3. The summed E-state index contributed by atoms with van der Waals surface area (Å²) in [5.74, 6) is -1.72. The molecule has 18 heavy (non-hydrogen) atoms. The summed E-state index contributed by atoms with van der Waals surface area (Å²) < 4.78 is 1.76. The molecular weight excluding hydrogens is 232 g/mol. The van der Waals surface area contributed by atoms with Crippen molar-refractivity contribution < 1.29 is 14.7 Å². The lowest BCUT2D eigenvalue weighted by Gasteiger charge is -2.11. The van der Waals surface area contributed by atoms with Gasteiger partial charge in [-0.3, -0.25) is 4.79 Å². The standard InChI is InChI=1S/C13H14N2O3/c1-8(12(14)16)7-15-6-5-9-3-2-4-10(11(9)15)13(17)18/h2-6,8H,7H2,1H3,(H2,14,16)(H,17,18). The summed E-state index contributed by atoms with van der Waals surface area (Å²) in [6.07, 6.45) is 1.77. The molecule has 5 heteroatoms. The second kappa shape index (κ2) is 4.52. The molecule has 0 spiro atoms. The Morgan fingerprint density at radius 3 is 2.72 bits per heavy atom. The largest absolute Gasteiger partial charge is 0.478 e. The van der Waals surface area contributed by atoms with Gasteiger partial charge in [0.05, 0.1) is 17.0 Å². The fourth-order valence-electron chi connectivity index (χ4n) is 1.97. The molecule has 0 aliphatic carbocycles. The van der Waals surface area contributed by atoms with Crippen molar-refractivity contribution in [2.24, 2.45) is 11.7 Å². The van der Waals surface area contributed by atoms with Gasteiger partial charge in [-0.25, -0.2) is 4.79 Å². The molecule has 0 aliphatic rings. The lowest BCUT2D eigenvalue weighted by Crippen LogP contribution is -2.24. The van der Waals surface area contributed by atoms with Crippen molar-refractivity contribution >= 4 is 22.8 Å². The van der Waals surface area contributed by atoms with Gasteiger partial charge in [-0.05, 0) is 12.1 Å². The van der Waals surface area contributed by atoms with Crippen LogP contribution in [0, 0.1) is 5.92 Å². The number of primary amides is 1. The van der Waals surface area contributed by atoms with Crippen LogP contribution >= 0.6 is 0 Å². The maximum atomic E-state index is 11.2. The lowest BCUT2D eigenvalue weighted by molar-refractivity contribution is -0.121. The van der Waals surface area contributed by atoms with E-state index in [0.29, 0.717) is 12.1 Å². The van der Waals surface area contributed by atoms with Crippen LogP contribution in [0.1, 0.15) is 17.3 Å². The number of carboxylic acid groups (broad SMARTS) is 1. The molecule has 0 saturated heterocycles. The highest BCUT2D eigenvalue weighted by molar-refractivity contribution is 6.02. The SMILES string of the molecule is CC(Cn1ccc2cccc(C(=O)O)c21)C(N)=O. The highest BCUT2D eigenvalue weighted by Crippen LogP contribution is 2.21. The van der Waals surface area contributed by atoms with Crippen molar-refractivity contribution in [1.82, 2.24) is 4.57 Å². The predicted octanol–water partition coefficient (Wildman–Crippen LogP) is 1.46. The highest BCUT2D eigenvalue weighted by Gasteiger charge is 2.15. The van der Waals surface area contributed by atoms with Gasteiger partial charge in [0.15, 0.2) is 0 Å². The molecule has 1 heterocycles. The molecule has 2 rings (SSSR count). The number of amides is 1. The fourth-order valence-corrected chi connectivity index (χ4v) is 1.97. The van der Waals surface area contributed by atoms with Crippen LogP contribution < -0.4 is 5.73 Å². The van der Waals surface area contributed by atoms with Crippen molar-refractivity contribution in [1.29, 1.82) is 0 Å². The van der Waals surface area contributed by atoms with Crippen LogP contribution in [-0.4, -0.2) is 21.6 Å². The molecule has 0 fully saturated rings. The van der Waals surface area contributed by atoms with E-state index in [9.17, 15) is 9.59 Å². The van der Waals surface area contributed by atoms with E-state index in [4.69, 9.17) is 10.8 Å². The summed E-state index contributed by atoms with van der Waals surface area (Å²) in [5, 5.41) is 10.0. The first-order valence-corrected chi connectivity index (χ1v) is 5.61. The number of hydrogen-bond donors (Lipinski definition) is 2. The molecule has 3 N–H and O–H groups in total. The Labute approximate surface area is 104 Å². The number of nitrogens with zero attached hydrogens (tertiary/aromatic N) is 1. The minimum atomic E-state index is -0.979. The molecule has 1 aromatic heterocycles. The van der Waals surface area contributed by atoms with Gasteiger partial charge in [-0.2, -0.15) is 0 Å². The topological polar surface area (TPSA) is 85.3 Å². The number of nitrogens with two attached hydrogens (primary N) is 1. The van der Waals surface area contributed by atoms with Crippen molar-refractivity contribution in [2.45, 2.75) is 13.5 Å². The van der Waals surface area contributed by atoms with Gasteiger partial charge in [-0.15, -0.1) is 0 Å². The average molecular weight is 246 g/mol. The number of carbonyl (C=O) groups is 2. The Kier molecular flexibility index (Phi) is 3.06. The summed E-state index contributed by atoms with van der Waals surface area (Å²) in [6.45, 7) is 2.10. The third-order valence-electron chi connectivity index (χ3n) is 2.98. The molecule has 0 radical (unpaired) electrons. The van der Waals surface area contributed by atoms with Gasteiger partial charge in [0.2, 0.25) is 5.91 Å². The highest BCUT2D eigenvalue weighted by atomic mass is 16.4. The summed E-state index contributed by atoms with van der Waals surface area (Å²) in [6, 6.07) is 6.92. The molecule has 1 atom stereocenters. The van der Waals surface area contributed by atoms with Crippen LogP contribution in [0.15, 0.2) is 30.5 Å². The maximum Gasteiger partial charge on any atom is 0.337 e. The molecule has 2 aromatic rings. The van der Waals surface area contributed by atoms with Gasteiger partial charge in [-0.1, -0.05) is 19.1 Å².